The lowest BCUT2D eigenvalue weighted by Gasteiger charge is -2.29. The van der Waals surface area contributed by atoms with E-state index in [-0.39, 0.29) is 11.7 Å². The van der Waals surface area contributed by atoms with E-state index in [1.165, 1.54) is 11.8 Å². The number of hydrogen-bond donors (Lipinski definition) is 1. The Morgan fingerprint density at radius 2 is 1.79 bits per heavy atom. The van der Waals surface area contributed by atoms with E-state index in [2.05, 4.69) is 17.2 Å². The molecule has 2 heterocycles. The second-order valence-corrected chi connectivity index (χ2v) is 12.1. The second-order valence-electron chi connectivity index (χ2n) is 9.20. The first kappa shape index (κ1) is 24.7. The molecule has 1 amide bonds. The summed E-state index contributed by atoms with van der Waals surface area (Å²) >= 11 is 1.37. The van der Waals surface area contributed by atoms with Crippen LogP contribution >= 0.6 is 11.8 Å². The molecule has 0 spiro atoms. The first-order chi connectivity index (χ1) is 16.1. The van der Waals surface area contributed by atoms with E-state index in [4.69, 9.17) is 0 Å². The number of piperidine rings is 1. The third-order valence-electron chi connectivity index (χ3n) is 6.36. The molecule has 0 radical (unpaired) electrons. The summed E-state index contributed by atoms with van der Waals surface area (Å²) in [6, 6.07) is 13.0. The zero-order valence-corrected chi connectivity index (χ0v) is 21.7. The molecule has 4 rings (SSSR count). The molecular weight excluding hydrogens is 466 g/mol. The Hall–Kier alpha value is -2.42. The van der Waals surface area contributed by atoms with Gasteiger partial charge in [0, 0.05) is 24.2 Å². The van der Waals surface area contributed by atoms with E-state index in [0.717, 1.165) is 51.1 Å². The number of aryl methyl sites for hydroxylation is 3. The molecule has 8 heteroatoms. The van der Waals surface area contributed by atoms with Crippen LogP contribution in [-0.2, 0) is 14.8 Å². The molecule has 0 bridgehead atoms. The Kier molecular flexibility index (Phi) is 7.31. The smallest absolute Gasteiger partial charge is 0.243 e. The minimum absolute atomic E-state index is 0.0875. The highest BCUT2D eigenvalue weighted by atomic mass is 32.2. The minimum Gasteiger partial charge on any atom is -0.325 e. The zero-order chi connectivity index (χ0) is 24.5. The third kappa shape index (κ3) is 5.45. The summed E-state index contributed by atoms with van der Waals surface area (Å²) in [7, 11) is -3.51. The summed E-state index contributed by atoms with van der Waals surface area (Å²) in [6.07, 6.45) is 1.79. The van der Waals surface area contributed by atoms with E-state index < -0.39 is 10.0 Å². The fourth-order valence-corrected chi connectivity index (χ4v) is 6.42. The summed E-state index contributed by atoms with van der Waals surface area (Å²) in [5.41, 5.74) is 4.60. The van der Waals surface area contributed by atoms with Crippen molar-refractivity contribution >= 4 is 44.3 Å². The van der Waals surface area contributed by atoms with Gasteiger partial charge < -0.3 is 5.32 Å². The SMILES string of the molecule is Cc1ccc(C)c(NC(=O)CSc2cc(C)c3cc(S(=O)(=O)N4CCC(C)CC4)ccc3n2)c1. The minimum atomic E-state index is -3.51. The van der Waals surface area contributed by atoms with Gasteiger partial charge >= 0.3 is 0 Å². The molecule has 1 fully saturated rings. The number of rotatable bonds is 6. The van der Waals surface area contributed by atoms with Gasteiger partial charge in [0.2, 0.25) is 15.9 Å². The number of benzene rings is 2. The highest BCUT2D eigenvalue weighted by molar-refractivity contribution is 7.99. The first-order valence-corrected chi connectivity index (χ1v) is 14.0. The molecule has 180 valence electrons. The standard InChI is InChI=1S/C26H31N3O3S2/c1-17-9-11-29(12-10-17)34(31,32)21-7-8-23-22(15-21)20(4)14-26(28-23)33-16-25(30)27-24-13-18(2)5-6-19(24)3/h5-8,13-15,17H,9-12,16H2,1-4H3,(H,27,30). The molecule has 2 aromatic carbocycles. The van der Waals surface area contributed by atoms with Crippen LogP contribution < -0.4 is 5.32 Å². The second kappa shape index (κ2) is 10.1. The molecule has 1 aromatic heterocycles. The Morgan fingerprint density at radius 3 is 2.53 bits per heavy atom. The molecule has 1 N–H and O–H groups in total. The van der Waals surface area contributed by atoms with Crippen molar-refractivity contribution in [3.8, 4) is 0 Å². The summed E-state index contributed by atoms with van der Waals surface area (Å²) < 4.78 is 27.9. The highest BCUT2D eigenvalue weighted by Crippen LogP contribution is 2.29. The van der Waals surface area contributed by atoms with E-state index in [1.807, 2.05) is 45.0 Å². The highest BCUT2D eigenvalue weighted by Gasteiger charge is 2.28. The number of sulfonamides is 1. The number of nitrogens with one attached hydrogen (secondary N) is 1. The van der Waals surface area contributed by atoms with Gasteiger partial charge in [-0.15, -0.1) is 0 Å². The van der Waals surface area contributed by atoms with Crippen molar-refractivity contribution in [2.45, 2.75) is 50.5 Å². The van der Waals surface area contributed by atoms with Crippen molar-refractivity contribution in [2.24, 2.45) is 5.92 Å². The predicted molar refractivity (Wildman–Crippen MR) is 139 cm³/mol. The third-order valence-corrected chi connectivity index (χ3v) is 9.17. The molecule has 0 unspecified atom stereocenters. The number of aromatic nitrogens is 1. The van der Waals surface area contributed by atoms with Gasteiger partial charge in [-0.05, 0) is 86.6 Å². The number of anilines is 1. The average molecular weight is 498 g/mol. The van der Waals surface area contributed by atoms with Gasteiger partial charge in [-0.25, -0.2) is 13.4 Å². The number of carbonyl (C=O) groups excluding carboxylic acids is 1. The van der Waals surface area contributed by atoms with E-state index in [1.54, 1.807) is 22.5 Å². The molecule has 1 saturated heterocycles. The Morgan fingerprint density at radius 1 is 1.06 bits per heavy atom. The lowest BCUT2D eigenvalue weighted by Crippen LogP contribution is -2.37. The summed E-state index contributed by atoms with van der Waals surface area (Å²) in [4.78, 5) is 17.5. The lowest BCUT2D eigenvalue weighted by atomic mass is 10.0. The number of amides is 1. The predicted octanol–water partition coefficient (Wildman–Crippen LogP) is 5.31. The molecule has 1 aliphatic heterocycles. The topological polar surface area (TPSA) is 79.4 Å². The number of thioether (sulfide) groups is 1. The van der Waals surface area contributed by atoms with E-state index >= 15 is 0 Å². The van der Waals surface area contributed by atoms with Crippen LogP contribution in [0, 0.1) is 26.7 Å². The maximum atomic E-state index is 13.1. The summed E-state index contributed by atoms with van der Waals surface area (Å²) in [5, 5.41) is 4.53. The van der Waals surface area contributed by atoms with Crippen LogP contribution in [0.15, 0.2) is 52.4 Å². The Labute approximate surface area is 206 Å². The average Bonchev–Trinajstić information content (AvgIpc) is 2.80. The molecule has 6 nitrogen and oxygen atoms in total. The van der Waals surface area contributed by atoms with Crippen LogP contribution in [0.5, 0.6) is 0 Å². The maximum Gasteiger partial charge on any atom is 0.243 e. The van der Waals surface area contributed by atoms with Crippen LogP contribution in [0.3, 0.4) is 0 Å². The van der Waals surface area contributed by atoms with Gasteiger partial charge in [0.05, 0.1) is 21.2 Å². The quantitative estimate of drug-likeness (QED) is 0.467. The van der Waals surface area contributed by atoms with Crippen molar-refractivity contribution in [1.82, 2.24) is 9.29 Å². The normalized spacial score (nSPS) is 15.5. The number of nitrogens with zero attached hydrogens (tertiary/aromatic N) is 2. The molecule has 0 aliphatic carbocycles. The summed E-state index contributed by atoms with van der Waals surface area (Å²) in [5.74, 6) is 0.717. The van der Waals surface area contributed by atoms with E-state index in [9.17, 15) is 13.2 Å². The number of pyridine rings is 1. The van der Waals surface area contributed by atoms with Gasteiger partial charge in [-0.1, -0.05) is 30.8 Å². The van der Waals surface area contributed by atoms with Crippen LogP contribution in [0.4, 0.5) is 5.69 Å². The fourth-order valence-electron chi connectivity index (χ4n) is 4.15. The van der Waals surface area contributed by atoms with Gasteiger partial charge in [0.1, 0.15) is 0 Å². The monoisotopic (exact) mass is 497 g/mol. The van der Waals surface area contributed by atoms with Gasteiger partial charge in [-0.2, -0.15) is 4.31 Å². The maximum absolute atomic E-state index is 13.1. The first-order valence-electron chi connectivity index (χ1n) is 11.5. The zero-order valence-electron chi connectivity index (χ0n) is 20.1. The van der Waals surface area contributed by atoms with Crippen LogP contribution in [-0.4, -0.2) is 42.5 Å². The molecule has 1 aliphatic rings. The Bertz CT molecular complexity index is 1330. The van der Waals surface area contributed by atoms with Crippen molar-refractivity contribution in [3.05, 3.63) is 59.2 Å². The molecular formula is C26H31N3O3S2. The fraction of sp³-hybridized carbons (Fsp3) is 0.385. The van der Waals surface area contributed by atoms with Crippen LogP contribution in [0.25, 0.3) is 10.9 Å². The summed E-state index contributed by atoms with van der Waals surface area (Å²) in [6.45, 7) is 9.21. The number of hydrogen-bond acceptors (Lipinski definition) is 5. The van der Waals surface area contributed by atoms with Crippen molar-refractivity contribution in [1.29, 1.82) is 0 Å². The molecule has 0 saturated carbocycles. The van der Waals surface area contributed by atoms with Crippen molar-refractivity contribution in [2.75, 3.05) is 24.2 Å². The number of fused-ring (bicyclic) bond motifs is 1. The van der Waals surface area contributed by atoms with Crippen molar-refractivity contribution in [3.63, 3.8) is 0 Å². The van der Waals surface area contributed by atoms with Crippen molar-refractivity contribution < 1.29 is 13.2 Å². The molecule has 34 heavy (non-hydrogen) atoms. The van der Waals surface area contributed by atoms with Gasteiger partial charge in [-0.3, -0.25) is 4.79 Å². The number of carbonyl (C=O) groups is 1. The van der Waals surface area contributed by atoms with Gasteiger partial charge in [0.15, 0.2) is 0 Å². The van der Waals surface area contributed by atoms with Crippen LogP contribution in [0.1, 0.15) is 36.5 Å². The largest absolute Gasteiger partial charge is 0.325 e. The molecule has 3 aromatic rings. The van der Waals surface area contributed by atoms with Gasteiger partial charge in [0.25, 0.3) is 0 Å². The Balaban J connectivity index is 1.48. The molecule has 0 atom stereocenters. The van der Waals surface area contributed by atoms with E-state index in [0.29, 0.717) is 23.9 Å². The lowest BCUT2D eigenvalue weighted by molar-refractivity contribution is -0.113. The van der Waals surface area contributed by atoms with Crippen LogP contribution in [0.2, 0.25) is 0 Å².